The molecule has 0 aliphatic heterocycles. The Kier molecular flexibility index (Phi) is 21.3. The molecule has 0 spiro atoms. The minimum Gasteiger partial charge on any atom is -0.494 e. The minimum absolute atomic E-state index is 0.0201. The minimum atomic E-state index is -0.864. The third-order valence-electron chi connectivity index (χ3n) is 8.17. The Hall–Kier alpha value is -1.96. The van der Waals surface area contributed by atoms with Crippen molar-refractivity contribution in [3.05, 3.63) is 65.2 Å². The van der Waals surface area contributed by atoms with E-state index in [-0.39, 0.29) is 19.8 Å². The van der Waals surface area contributed by atoms with Crippen LogP contribution in [0.15, 0.2) is 48.5 Å². The Morgan fingerprint density at radius 1 is 0.558 bits per heavy atom. The molecule has 6 heteroatoms. The predicted octanol–water partition coefficient (Wildman–Crippen LogP) is 6.88. The van der Waals surface area contributed by atoms with Gasteiger partial charge in [0.05, 0.1) is 32.0 Å². The van der Waals surface area contributed by atoms with E-state index in [0.717, 1.165) is 44.5 Å². The largest absolute Gasteiger partial charge is 0.494 e. The van der Waals surface area contributed by atoms with E-state index < -0.39 is 11.1 Å². The fourth-order valence-electron chi connectivity index (χ4n) is 4.74. The number of unbranched alkanes of at least 4 members (excludes halogenated alkanes) is 9. The lowest BCUT2D eigenvalue weighted by atomic mass is 9.93. The van der Waals surface area contributed by atoms with Crippen molar-refractivity contribution in [2.24, 2.45) is 11.5 Å². The maximum Gasteiger partial charge on any atom is 0.119 e. The molecular weight excluding hydrogens is 536 g/mol. The number of ether oxygens (including phenoxy) is 1. The summed E-state index contributed by atoms with van der Waals surface area (Å²) in [5, 5.41) is 27.5. The van der Waals surface area contributed by atoms with E-state index in [9.17, 15) is 10.2 Å². The molecule has 0 amide bonds. The van der Waals surface area contributed by atoms with Crippen LogP contribution in [0.1, 0.15) is 121 Å². The predicted molar refractivity (Wildman–Crippen MR) is 182 cm³/mol. The second kappa shape index (κ2) is 23.4. The highest BCUT2D eigenvalue weighted by Gasteiger charge is 2.22. The summed E-state index contributed by atoms with van der Waals surface area (Å²) in [5.74, 6) is 0.937. The van der Waals surface area contributed by atoms with Crippen molar-refractivity contribution < 1.29 is 20.1 Å². The lowest BCUT2D eigenvalue weighted by Gasteiger charge is -2.24. The molecule has 0 heterocycles. The van der Waals surface area contributed by atoms with Gasteiger partial charge in [-0.3, -0.25) is 0 Å². The summed E-state index contributed by atoms with van der Waals surface area (Å²) in [6.07, 6.45) is 18.5. The number of rotatable bonds is 23. The molecule has 43 heavy (non-hydrogen) atoms. The Labute approximate surface area is 263 Å². The van der Waals surface area contributed by atoms with E-state index in [1.165, 1.54) is 80.9 Å². The number of benzene rings is 2. The van der Waals surface area contributed by atoms with E-state index in [1.807, 2.05) is 19.1 Å². The number of hydrogen-bond donors (Lipinski definition) is 5. The lowest BCUT2D eigenvalue weighted by Crippen LogP contribution is -2.47. The Bertz CT molecular complexity index is 911. The van der Waals surface area contributed by atoms with Crippen molar-refractivity contribution in [2.45, 2.75) is 135 Å². The third kappa shape index (κ3) is 19.1. The highest BCUT2D eigenvalue weighted by molar-refractivity contribution is 5.27. The van der Waals surface area contributed by atoms with Gasteiger partial charge in [0, 0.05) is 5.54 Å². The first-order valence-corrected chi connectivity index (χ1v) is 16.9. The van der Waals surface area contributed by atoms with Crippen LogP contribution in [-0.2, 0) is 19.3 Å². The second-order valence-electron chi connectivity index (χ2n) is 12.7. The van der Waals surface area contributed by atoms with E-state index in [0.29, 0.717) is 6.42 Å². The van der Waals surface area contributed by atoms with Gasteiger partial charge in [0.15, 0.2) is 0 Å². The molecule has 2 aromatic rings. The number of nitrogens with two attached hydrogens (primary N) is 2. The van der Waals surface area contributed by atoms with Gasteiger partial charge in [0.1, 0.15) is 5.75 Å². The number of aliphatic hydroxyl groups excluding tert-OH is 3. The van der Waals surface area contributed by atoms with Crippen molar-refractivity contribution in [3.63, 3.8) is 0 Å². The van der Waals surface area contributed by atoms with Gasteiger partial charge in [0.2, 0.25) is 0 Å². The molecule has 0 radical (unpaired) electrons. The van der Waals surface area contributed by atoms with Crippen LogP contribution in [0.3, 0.4) is 0 Å². The molecular formula is C37H64N2O4. The van der Waals surface area contributed by atoms with Gasteiger partial charge in [-0.15, -0.1) is 0 Å². The molecule has 2 aromatic carbocycles. The van der Waals surface area contributed by atoms with Crippen molar-refractivity contribution in [2.75, 3.05) is 26.4 Å². The van der Waals surface area contributed by atoms with Crippen molar-refractivity contribution >= 4 is 0 Å². The van der Waals surface area contributed by atoms with Gasteiger partial charge in [-0.25, -0.2) is 0 Å². The second-order valence-corrected chi connectivity index (χ2v) is 12.7. The van der Waals surface area contributed by atoms with Gasteiger partial charge < -0.3 is 31.5 Å². The summed E-state index contributed by atoms with van der Waals surface area (Å²) >= 11 is 0. The number of hydrogen-bond acceptors (Lipinski definition) is 6. The summed E-state index contributed by atoms with van der Waals surface area (Å²) in [6, 6.07) is 16.9. The maximum absolute atomic E-state index is 9.20. The topological polar surface area (TPSA) is 122 Å². The molecule has 6 nitrogen and oxygen atoms in total. The molecule has 0 aliphatic rings. The van der Waals surface area contributed by atoms with Crippen LogP contribution in [0.5, 0.6) is 5.75 Å². The SMILES string of the molecule is CCCCCCCCc1ccc(CCC(N)(CO)CO)cc1.CCCCCCCOc1ccc(CC[C@@](C)(N)CO)cc1. The molecule has 7 N–H and O–H groups in total. The first-order chi connectivity index (χ1) is 20.7. The average molecular weight is 601 g/mol. The smallest absolute Gasteiger partial charge is 0.119 e. The standard InChI is InChI=1S/C19H33NO2.C18H31NO2/c1-2-3-4-5-6-7-8-17-9-11-18(12-10-17)13-14-19(20,15-21)16-22;1-3-4-5-6-7-14-21-17-10-8-16(9-11-17)12-13-18(2,19)15-20/h9-12,21-22H,2-8,13-16,20H2,1H3;8-11,20H,3-7,12-15,19H2,1-2H3/t;18-/m.1/s1. The first-order valence-electron chi connectivity index (χ1n) is 16.9. The van der Waals surface area contributed by atoms with E-state index in [1.54, 1.807) is 0 Å². The van der Waals surface area contributed by atoms with E-state index in [4.69, 9.17) is 21.3 Å². The maximum atomic E-state index is 9.20. The Morgan fingerprint density at radius 3 is 1.51 bits per heavy atom. The third-order valence-corrected chi connectivity index (χ3v) is 8.17. The highest BCUT2D eigenvalue weighted by atomic mass is 16.5. The molecule has 1 atom stereocenters. The summed E-state index contributed by atoms with van der Waals surface area (Å²) in [7, 11) is 0. The number of aliphatic hydroxyl groups is 3. The Morgan fingerprint density at radius 2 is 1.00 bits per heavy atom. The molecule has 0 fully saturated rings. The summed E-state index contributed by atoms with van der Waals surface area (Å²) in [4.78, 5) is 0. The van der Waals surface area contributed by atoms with Crippen molar-refractivity contribution in [3.8, 4) is 5.75 Å². The van der Waals surface area contributed by atoms with Gasteiger partial charge in [-0.1, -0.05) is 108 Å². The van der Waals surface area contributed by atoms with Crippen LogP contribution < -0.4 is 16.2 Å². The van der Waals surface area contributed by atoms with Gasteiger partial charge in [0.25, 0.3) is 0 Å². The van der Waals surface area contributed by atoms with Crippen LogP contribution in [0, 0.1) is 0 Å². The van der Waals surface area contributed by atoms with E-state index in [2.05, 4.69) is 50.2 Å². The fraction of sp³-hybridized carbons (Fsp3) is 0.676. The van der Waals surface area contributed by atoms with Crippen LogP contribution in [-0.4, -0.2) is 52.8 Å². The van der Waals surface area contributed by atoms with Crippen molar-refractivity contribution in [1.82, 2.24) is 0 Å². The average Bonchev–Trinajstić information content (AvgIpc) is 3.03. The summed E-state index contributed by atoms with van der Waals surface area (Å²) in [5.41, 5.74) is 14.3. The zero-order chi connectivity index (χ0) is 31.8. The van der Waals surface area contributed by atoms with Gasteiger partial charge in [-0.2, -0.15) is 0 Å². The molecule has 2 rings (SSSR count). The molecule has 0 saturated carbocycles. The number of aryl methyl sites for hydroxylation is 3. The van der Waals surface area contributed by atoms with Crippen LogP contribution >= 0.6 is 0 Å². The summed E-state index contributed by atoms with van der Waals surface area (Å²) < 4.78 is 5.74. The molecule has 0 saturated heterocycles. The van der Waals surface area contributed by atoms with Crippen LogP contribution in [0.2, 0.25) is 0 Å². The zero-order valence-electron chi connectivity index (χ0n) is 27.7. The van der Waals surface area contributed by atoms with E-state index >= 15 is 0 Å². The molecule has 246 valence electrons. The van der Waals surface area contributed by atoms with Crippen LogP contribution in [0.4, 0.5) is 0 Å². The van der Waals surface area contributed by atoms with Crippen molar-refractivity contribution in [1.29, 1.82) is 0 Å². The lowest BCUT2D eigenvalue weighted by molar-refractivity contribution is 0.115. The molecule has 0 aliphatic carbocycles. The highest BCUT2D eigenvalue weighted by Crippen LogP contribution is 2.17. The van der Waals surface area contributed by atoms with Gasteiger partial charge in [-0.05, 0) is 80.7 Å². The molecule has 0 unspecified atom stereocenters. The normalized spacial score (nSPS) is 12.8. The first kappa shape index (κ1) is 39.1. The van der Waals surface area contributed by atoms with Gasteiger partial charge >= 0.3 is 0 Å². The summed E-state index contributed by atoms with van der Waals surface area (Å²) in [6.45, 7) is 6.81. The molecule has 0 bridgehead atoms. The fourth-order valence-corrected chi connectivity index (χ4v) is 4.74. The monoisotopic (exact) mass is 600 g/mol. The quantitative estimate of drug-likeness (QED) is 0.0886. The van der Waals surface area contributed by atoms with Crippen LogP contribution in [0.25, 0.3) is 0 Å². The molecule has 0 aromatic heterocycles. The zero-order valence-corrected chi connectivity index (χ0v) is 27.7. The Balaban J connectivity index is 0.000000430.